The Morgan fingerprint density at radius 3 is 0.750 bits per heavy atom. The Kier molecular flexibility index (Phi) is 72.4. The van der Waals surface area contributed by atoms with Gasteiger partial charge in [-0.3, -0.25) is 39.2 Å². The predicted molar refractivity (Wildman–Crippen MR) is 403 cm³/mol. The van der Waals surface area contributed by atoms with Crippen molar-refractivity contribution < 1.29 is 15.8 Å². The zero-order chi connectivity index (χ0) is 69.3. The predicted octanol–water partition coefficient (Wildman–Crippen LogP) is -11.7. The van der Waals surface area contributed by atoms with Gasteiger partial charge in [-0.2, -0.15) is 0 Å². The number of amides is 6. The largest absolute Gasteiger partial charge is 0.336 e. The highest BCUT2D eigenvalue weighted by atomic mass is 16.2. The molecule has 34 N–H and O–H groups in total. The summed E-state index contributed by atoms with van der Waals surface area (Å²) in [4.78, 5) is 57.7. The van der Waals surface area contributed by atoms with Crippen molar-refractivity contribution >= 4 is 26.5 Å². The van der Waals surface area contributed by atoms with Gasteiger partial charge in [0, 0.05) is 376 Å². The smallest absolute Gasteiger partial charge is 0.317 e. The monoisotopic (exact) mass is 1380 g/mol. The maximum absolute atomic E-state index is 11.2. The molecule has 7 saturated heterocycles. The summed E-state index contributed by atoms with van der Waals surface area (Å²) in [5.41, 5.74) is 70.0. The summed E-state index contributed by atoms with van der Waals surface area (Å²) in [6.07, 6.45) is 0. The lowest BCUT2D eigenvalue weighted by Gasteiger charge is -2.34. The Morgan fingerprint density at radius 1 is 0.281 bits per heavy atom. The molecule has 0 spiro atoms. The third kappa shape index (κ3) is 54.6. The van der Waals surface area contributed by atoms with Gasteiger partial charge in [0.2, 0.25) is 0 Å². The third-order valence-corrected chi connectivity index (χ3v) is 16.0. The molecule has 3 radical (unpaired) electrons. The van der Waals surface area contributed by atoms with Crippen LogP contribution >= 0.6 is 0 Å². The van der Waals surface area contributed by atoms with Gasteiger partial charge in [0.1, 0.15) is 0 Å². The second-order valence-electron chi connectivity index (χ2n) is 23.4. The van der Waals surface area contributed by atoms with Crippen LogP contribution < -0.4 is 117 Å². The van der Waals surface area contributed by atoms with Crippen LogP contribution in [0.15, 0.2) is 0 Å². The third-order valence-electron chi connectivity index (χ3n) is 16.0. The number of hydrogen-bond acceptors (Lipinski definition) is 29. The number of rotatable bonds is 38. The SMILES string of the molecule is C.NCCN(CCN)CCN.NCCN(CCN)CCN.NCCN1CCN(CCN)CC1.NCCN1CCN(CCN)CC1.NCCNCCN1CCNCC1.NCCNCCNCCN.O=C1NCCN1CCN1CCNC1=O.O=C1NCCN1CCN1CCNCC1.[2HH].[B]. The zero-order valence-corrected chi connectivity index (χ0v) is 59.3. The Bertz CT molecular complexity index is 1510. The molecule has 0 aromatic rings. The highest BCUT2D eigenvalue weighted by Gasteiger charge is 2.24. The van der Waals surface area contributed by atoms with Crippen molar-refractivity contribution in [1.82, 2.24) is 96.4 Å². The van der Waals surface area contributed by atoms with Crippen molar-refractivity contribution in [2.75, 3.05) is 367 Å². The van der Waals surface area contributed by atoms with Crippen molar-refractivity contribution in [2.45, 2.75) is 7.43 Å². The molecule has 96 heavy (non-hydrogen) atoms. The summed E-state index contributed by atoms with van der Waals surface area (Å²) < 4.78 is 0. The van der Waals surface area contributed by atoms with E-state index in [1.807, 2.05) is 4.90 Å². The van der Waals surface area contributed by atoms with E-state index in [1.165, 1.54) is 13.1 Å². The summed E-state index contributed by atoms with van der Waals surface area (Å²) in [5, 5.41) is 24.5. The molecule has 7 heterocycles. The lowest BCUT2D eigenvalue weighted by atomic mass is 10.3. The van der Waals surface area contributed by atoms with Gasteiger partial charge in [-0.05, 0) is 0 Å². The summed E-state index contributed by atoms with van der Waals surface area (Å²) in [6, 6.07) is 0.0503. The molecule has 0 aromatic heterocycles. The lowest BCUT2D eigenvalue weighted by molar-refractivity contribution is 0.138. The Hall–Kier alpha value is -3.17. The van der Waals surface area contributed by atoms with E-state index in [-0.39, 0.29) is 35.4 Å². The van der Waals surface area contributed by atoms with Gasteiger partial charge < -0.3 is 132 Å². The number of urea groups is 3. The normalized spacial score (nSPS) is 17.8. The molecule has 573 valence electrons. The minimum atomic E-state index is -0.0235. The van der Waals surface area contributed by atoms with Crippen LogP contribution in [-0.4, -0.2) is 447 Å². The fourth-order valence-corrected chi connectivity index (χ4v) is 10.6. The van der Waals surface area contributed by atoms with Crippen molar-refractivity contribution in [3.05, 3.63) is 0 Å². The molecule has 6 amide bonds. The van der Waals surface area contributed by atoms with Gasteiger partial charge in [-0.25, -0.2) is 14.4 Å². The van der Waals surface area contributed by atoms with E-state index < -0.39 is 0 Å². The molecule has 0 atom stereocenters. The number of nitrogens with two attached hydrogens (primary N) is 13. The van der Waals surface area contributed by atoms with Crippen LogP contribution in [0.2, 0.25) is 0 Å². The van der Waals surface area contributed by atoms with E-state index in [0.717, 1.165) is 275 Å². The minimum Gasteiger partial charge on any atom is -0.336 e. The van der Waals surface area contributed by atoms with E-state index in [9.17, 15) is 14.4 Å². The molecular formula is C60H152BN32O3. The second-order valence-corrected chi connectivity index (χ2v) is 23.4. The van der Waals surface area contributed by atoms with Gasteiger partial charge in [-0.15, -0.1) is 0 Å². The van der Waals surface area contributed by atoms with Crippen LogP contribution in [-0.2, 0) is 0 Å². The first-order valence-corrected chi connectivity index (χ1v) is 35.4. The lowest BCUT2D eigenvalue weighted by Crippen LogP contribution is -2.48. The number of nitrogens with one attached hydrogen (secondary N) is 8. The van der Waals surface area contributed by atoms with E-state index in [2.05, 4.69) is 81.7 Å². The number of carbonyl (C=O) groups is 3. The Morgan fingerprint density at radius 2 is 0.521 bits per heavy atom. The first kappa shape index (κ1) is 97.0. The zero-order valence-electron chi connectivity index (χ0n) is 59.3. The number of carbonyl (C=O) groups excluding carboxylic acids is 3. The number of hydrogen-bond donors (Lipinski definition) is 21. The molecule has 0 saturated carbocycles. The van der Waals surface area contributed by atoms with Gasteiger partial charge >= 0.3 is 18.1 Å². The van der Waals surface area contributed by atoms with Crippen molar-refractivity contribution in [2.24, 2.45) is 74.5 Å². The molecule has 36 heteroatoms. The topological polar surface area (TPSA) is 521 Å². The van der Waals surface area contributed by atoms with Crippen LogP contribution in [0.5, 0.6) is 0 Å². The van der Waals surface area contributed by atoms with Gasteiger partial charge in [0.25, 0.3) is 0 Å². The molecule has 0 unspecified atom stereocenters. The van der Waals surface area contributed by atoms with Gasteiger partial charge in [0.15, 0.2) is 0 Å². The van der Waals surface area contributed by atoms with Crippen LogP contribution in [0.3, 0.4) is 0 Å². The molecule has 35 nitrogen and oxygen atoms in total. The van der Waals surface area contributed by atoms with E-state index in [1.54, 1.807) is 9.80 Å². The molecule has 0 aromatic carbocycles. The van der Waals surface area contributed by atoms with E-state index >= 15 is 0 Å². The van der Waals surface area contributed by atoms with Crippen LogP contribution in [0.25, 0.3) is 0 Å². The molecule has 7 rings (SSSR count). The second kappa shape index (κ2) is 71.7. The average molecular weight is 1380 g/mol. The summed E-state index contributed by atoms with van der Waals surface area (Å²) in [7, 11) is 0. The number of piperazine rings is 4. The summed E-state index contributed by atoms with van der Waals surface area (Å²) in [6.45, 7) is 51.7. The molecule has 0 aliphatic carbocycles. The molecule has 7 fully saturated rings. The summed E-state index contributed by atoms with van der Waals surface area (Å²) >= 11 is 0. The van der Waals surface area contributed by atoms with Gasteiger partial charge in [0.05, 0.1) is 0 Å². The minimum absolute atomic E-state index is 0. The maximum atomic E-state index is 11.2. The summed E-state index contributed by atoms with van der Waals surface area (Å²) in [5.74, 6) is 0. The van der Waals surface area contributed by atoms with Crippen molar-refractivity contribution in [3.63, 3.8) is 0 Å². The van der Waals surface area contributed by atoms with Crippen LogP contribution in [0.4, 0.5) is 14.4 Å². The molecule has 0 bridgehead atoms. The molecule has 7 aliphatic rings. The Labute approximate surface area is 585 Å². The quantitative estimate of drug-likeness (QED) is 0.0202. The van der Waals surface area contributed by atoms with Gasteiger partial charge in [-0.1, -0.05) is 7.43 Å². The highest BCUT2D eigenvalue weighted by Crippen LogP contribution is 2.03. The standard InChI is InChI=1S/C9H18N4O.C8H14N4O2.3C8H20N4.3C6H18N4.CH4.B.H2/c14-9-11-3-6-13(9)8-7-12-4-1-10-2-5-12;13-7-9-1-3-11(7)5-6-12-4-2-10-8(12)14;2*9-1-3-11-5-7-12(4-2-10)8-6-11;9-1-2-10-3-6-12-7-4-11-5-8-12;2*7-1-4-10(5-2-8)6-3-9;7-1-3-9-5-6-10-4-2-8;;;/h10H,1-8H2,(H,11,14);1-6H2,(H,9,13)(H,10,14);2*1-10H2;10-11H,1-9H2;2*1-9H2;9-10H,1-8H2;1H4;;1H/i;;;;;;;;;;1+1. The van der Waals surface area contributed by atoms with Crippen molar-refractivity contribution in [1.29, 1.82) is 0 Å². The maximum Gasteiger partial charge on any atom is 0.317 e. The highest BCUT2D eigenvalue weighted by molar-refractivity contribution is 5.77. The fraction of sp³-hybridized carbons (Fsp3) is 0.950. The fourth-order valence-electron chi connectivity index (χ4n) is 10.6. The van der Waals surface area contributed by atoms with Crippen molar-refractivity contribution in [3.8, 4) is 0 Å². The Balaban J connectivity index is -0.000000509. The van der Waals surface area contributed by atoms with E-state index in [4.69, 9.17) is 74.5 Å². The van der Waals surface area contributed by atoms with Crippen LogP contribution in [0, 0.1) is 0 Å². The average Bonchev–Trinajstić information content (AvgIpc) is 2.04. The first-order chi connectivity index (χ1) is 45.9. The molecule has 7 aliphatic heterocycles. The van der Waals surface area contributed by atoms with Crippen LogP contribution in [0.1, 0.15) is 8.85 Å². The van der Waals surface area contributed by atoms with E-state index in [0.29, 0.717) is 78.5 Å². The first-order valence-electron chi connectivity index (χ1n) is 35.4. The molecular weight excluding hydrogens is 1230 g/mol. The number of nitrogens with zero attached hydrogens (tertiary/aromatic N) is 11.